The molecule has 1 aliphatic carbocycles. The van der Waals surface area contributed by atoms with Crippen LogP contribution in [0.4, 0.5) is 0 Å². The van der Waals surface area contributed by atoms with Gasteiger partial charge in [0.2, 0.25) is 0 Å². The first-order chi connectivity index (χ1) is 12.5. The Morgan fingerprint density at radius 2 is 2.15 bits per heavy atom. The van der Waals surface area contributed by atoms with Crippen LogP contribution in [0.3, 0.4) is 0 Å². The third-order valence-corrected chi connectivity index (χ3v) is 6.50. The number of rotatable bonds is 3. The smallest absolute Gasteiger partial charge is 0.338 e. The van der Waals surface area contributed by atoms with E-state index >= 15 is 0 Å². The number of esters is 1. The molecule has 1 N–H and O–H groups in total. The average molecular weight is 480 g/mol. The van der Waals surface area contributed by atoms with Gasteiger partial charge in [0.05, 0.1) is 10.9 Å². The summed E-state index contributed by atoms with van der Waals surface area (Å²) in [5, 5.41) is 0.713. The summed E-state index contributed by atoms with van der Waals surface area (Å²) < 4.78 is 6.36. The zero-order chi connectivity index (χ0) is 18.3. The Morgan fingerprint density at radius 3 is 2.92 bits per heavy atom. The third-order valence-electron chi connectivity index (χ3n) is 4.63. The predicted octanol–water partition coefficient (Wildman–Crippen LogP) is 4.07. The van der Waals surface area contributed by atoms with Crippen molar-refractivity contribution in [3.05, 3.63) is 60.0 Å². The maximum Gasteiger partial charge on any atom is 0.338 e. The first kappa shape index (κ1) is 17.7. The molecule has 1 atom stereocenters. The van der Waals surface area contributed by atoms with Crippen molar-refractivity contribution in [3.8, 4) is 0 Å². The average Bonchev–Trinajstić information content (AvgIpc) is 2.98. The number of ether oxygens (including phenoxy) is 1. The maximum absolute atomic E-state index is 12.5. The summed E-state index contributed by atoms with van der Waals surface area (Å²) >= 11 is 3.77. The van der Waals surface area contributed by atoms with Crippen LogP contribution in [-0.4, -0.2) is 15.9 Å². The Morgan fingerprint density at radius 1 is 1.38 bits per heavy atom. The lowest BCUT2D eigenvalue weighted by Crippen LogP contribution is -2.16. The summed E-state index contributed by atoms with van der Waals surface area (Å²) in [5.74, 6) is 0.598. The van der Waals surface area contributed by atoms with Gasteiger partial charge in [-0.25, -0.2) is 9.78 Å². The summed E-state index contributed by atoms with van der Waals surface area (Å²) in [6, 6.07) is 7.14. The van der Waals surface area contributed by atoms with Crippen molar-refractivity contribution in [3.63, 3.8) is 0 Å². The van der Waals surface area contributed by atoms with Crippen LogP contribution in [0.5, 0.6) is 0 Å². The van der Waals surface area contributed by atoms with E-state index in [-0.39, 0.29) is 12.2 Å². The number of carbonyl (C=O) groups excluding carboxylic acids is 1. The van der Waals surface area contributed by atoms with Gasteiger partial charge in [-0.1, -0.05) is 6.92 Å². The number of benzene rings is 1. The molecule has 0 fully saturated rings. The summed E-state index contributed by atoms with van der Waals surface area (Å²) in [7, 11) is 0. The number of nitrogens with one attached hydrogen (secondary N) is 1. The Labute approximate surface area is 167 Å². The highest BCUT2D eigenvalue weighted by molar-refractivity contribution is 14.1. The summed E-state index contributed by atoms with van der Waals surface area (Å²) in [6.45, 7) is 2.19. The lowest BCUT2D eigenvalue weighted by atomic mass is 9.89. The van der Waals surface area contributed by atoms with Crippen LogP contribution in [0.25, 0.3) is 10.2 Å². The second-order valence-electron chi connectivity index (χ2n) is 6.63. The topological polar surface area (TPSA) is 72.0 Å². The van der Waals surface area contributed by atoms with E-state index in [9.17, 15) is 9.59 Å². The fourth-order valence-electron chi connectivity index (χ4n) is 3.26. The van der Waals surface area contributed by atoms with Gasteiger partial charge in [-0.15, -0.1) is 11.3 Å². The summed E-state index contributed by atoms with van der Waals surface area (Å²) in [4.78, 5) is 34.0. The van der Waals surface area contributed by atoms with E-state index in [4.69, 9.17) is 4.74 Å². The molecule has 2 aromatic heterocycles. The highest BCUT2D eigenvalue weighted by Crippen LogP contribution is 2.35. The second kappa shape index (κ2) is 7.11. The number of hydrogen-bond acceptors (Lipinski definition) is 5. The zero-order valence-corrected chi connectivity index (χ0v) is 17.1. The second-order valence-corrected chi connectivity index (χ2v) is 8.96. The molecular formula is C19H17IN2O3S. The molecule has 7 heteroatoms. The van der Waals surface area contributed by atoms with Crippen LogP contribution in [0.1, 0.15) is 40.0 Å². The number of thiophene rings is 1. The molecule has 0 spiro atoms. The number of hydrogen-bond donors (Lipinski definition) is 1. The van der Waals surface area contributed by atoms with Crippen LogP contribution in [0.15, 0.2) is 29.1 Å². The molecule has 0 bridgehead atoms. The Balaban J connectivity index is 1.57. The van der Waals surface area contributed by atoms with E-state index < -0.39 is 5.97 Å². The van der Waals surface area contributed by atoms with Crippen molar-refractivity contribution in [1.82, 2.24) is 9.97 Å². The zero-order valence-electron chi connectivity index (χ0n) is 14.2. The molecule has 1 aliphatic rings. The normalized spacial score (nSPS) is 16.5. The van der Waals surface area contributed by atoms with Gasteiger partial charge < -0.3 is 9.72 Å². The van der Waals surface area contributed by atoms with Gasteiger partial charge in [0.25, 0.3) is 5.56 Å². The number of fused-ring (bicyclic) bond motifs is 3. The van der Waals surface area contributed by atoms with Crippen LogP contribution in [0, 0.1) is 9.49 Å². The molecule has 5 nitrogen and oxygen atoms in total. The number of nitrogens with zero attached hydrogens (tertiary/aromatic N) is 1. The number of aromatic amines is 1. The van der Waals surface area contributed by atoms with Gasteiger partial charge in [-0.3, -0.25) is 4.79 Å². The highest BCUT2D eigenvalue weighted by atomic mass is 127. The van der Waals surface area contributed by atoms with Crippen LogP contribution < -0.4 is 5.56 Å². The molecule has 0 radical (unpaired) electrons. The quantitative estimate of drug-likeness (QED) is 0.453. The van der Waals surface area contributed by atoms with E-state index in [1.807, 2.05) is 12.1 Å². The van der Waals surface area contributed by atoms with Crippen LogP contribution in [-0.2, 0) is 24.2 Å². The fourth-order valence-corrected chi connectivity index (χ4v) is 5.03. The Bertz CT molecular complexity index is 1040. The number of H-pyrrole nitrogens is 1. The van der Waals surface area contributed by atoms with Crippen molar-refractivity contribution in [1.29, 1.82) is 0 Å². The van der Waals surface area contributed by atoms with Gasteiger partial charge in [-0.2, -0.15) is 0 Å². The molecular weight excluding hydrogens is 463 g/mol. The number of carbonyl (C=O) groups is 1. The van der Waals surface area contributed by atoms with Crippen molar-refractivity contribution in [2.45, 2.75) is 32.8 Å². The largest absolute Gasteiger partial charge is 0.454 e. The fraction of sp³-hybridized carbons (Fsp3) is 0.316. The maximum atomic E-state index is 12.5. The lowest BCUT2D eigenvalue weighted by molar-refractivity contribution is 0.0462. The minimum Gasteiger partial charge on any atom is -0.454 e. The molecule has 1 unspecified atom stereocenters. The van der Waals surface area contributed by atoms with E-state index in [0.29, 0.717) is 22.7 Å². The van der Waals surface area contributed by atoms with Crippen LogP contribution in [0.2, 0.25) is 0 Å². The minimum absolute atomic E-state index is 0.0467. The third kappa shape index (κ3) is 3.42. The van der Waals surface area contributed by atoms with Gasteiger partial charge in [0.1, 0.15) is 17.3 Å². The monoisotopic (exact) mass is 480 g/mol. The number of aryl methyl sites for hydroxylation is 1. The standard InChI is InChI=1S/C19H17IN2O3S/c1-10-2-7-13-14(8-10)26-18-16(13)17(23)21-15(22-18)9-25-19(24)11-3-5-12(20)6-4-11/h3-6,10H,2,7-9H2,1H3,(H,21,22,23). The SMILES string of the molecule is CC1CCc2c(sc3nc(COC(=O)c4ccc(I)cc4)[nH]c(=O)c23)C1. The van der Waals surface area contributed by atoms with E-state index in [0.717, 1.165) is 33.2 Å². The predicted molar refractivity (Wildman–Crippen MR) is 110 cm³/mol. The molecule has 0 amide bonds. The van der Waals surface area contributed by atoms with Crippen LogP contribution >= 0.6 is 33.9 Å². The highest BCUT2D eigenvalue weighted by Gasteiger charge is 2.23. The molecule has 0 saturated carbocycles. The summed E-state index contributed by atoms with van der Waals surface area (Å²) in [6.07, 6.45) is 3.04. The molecule has 4 rings (SSSR count). The van der Waals surface area contributed by atoms with Crippen molar-refractivity contribution < 1.29 is 9.53 Å². The molecule has 2 heterocycles. The molecule has 26 heavy (non-hydrogen) atoms. The first-order valence-corrected chi connectivity index (χ1v) is 10.4. The van der Waals surface area contributed by atoms with Gasteiger partial charge >= 0.3 is 5.97 Å². The van der Waals surface area contributed by atoms with Gasteiger partial charge in [-0.05, 0) is 77.6 Å². The molecule has 134 valence electrons. The Kier molecular flexibility index (Phi) is 4.83. The number of halogens is 1. The molecule has 1 aromatic carbocycles. The van der Waals surface area contributed by atoms with Crippen molar-refractivity contribution >= 4 is 50.1 Å². The molecule has 3 aromatic rings. The van der Waals surface area contributed by atoms with E-state index in [1.165, 1.54) is 4.88 Å². The van der Waals surface area contributed by atoms with E-state index in [1.54, 1.807) is 23.5 Å². The number of aromatic nitrogens is 2. The molecule has 0 saturated heterocycles. The first-order valence-electron chi connectivity index (χ1n) is 8.47. The molecule has 0 aliphatic heterocycles. The summed E-state index contributed by atoms with van der Waals surface area (Å²) in [5.41, 5.74) is 1.50. The van der Waals surface area contributed by atoms with Gasteiger partial charge in [0, 0.05) is 8.45 Å². The lowest BCUT2D eigenvalue weighted by Gasteiger charge is -2.17. The minimum atomic E-state index is -0.427. The van der Waals surface area contributed by atoms with Crippen molar-refractivity contribution in [2.75, 3.05) is 0 Å². The van der Waals surface area contributed by atoms with E-state index in [2.05, 4.69) is 39.5 Å². The van der Waals surface area contributed by atoms with Crippen molar-refractivity contribution in [2.24, 2.45) is 5.92 Å². The Hall–Kier alpha value is -1.74. The van der Waals surface area contributed by atoms with Gasteiger partial charge in [0.15, 0.2) is 0 Å².